The number of thiophene rings is 1. The fourth-order valence-corrected chi connectivity index (χ4v) is 5.76. The summed E-state index contributed by atoms with van der Waals surface area (Å²) in [5.74, 6) is 1.50. The van der Waals surface area contributed by atoms with Crippen LogP contribution in [0.2, 0.25) is 0 Å². The molecule has 1 N–H and O–H groups in total. The van der Waals surface area contributed by atoms with Crippen molar-refractivity contribution in [3.05, 3.63) is 46.3 Å². The molecule has 7 nitrogen and oxygen atoms in total. The lowest BCUT2D eigenvalue weighted by Gasteiger charge is -2.19. The molecule has 168 valence electrons. The minimum Gasteiger partial charge on any atom is -0.497 e. The quantitative estimate of drug-likeness (QED) is 0.523. The summed E-state index contributed by atoms with van der Waals surface area (Å²) in [6.07, 6.45) is 4.76. The van der Waals surface area contributed by atoms with Crippen LogP contribution in [0.1, 0.15) is 40.6 Å². The van der Waals surface area contributed by atoms with Gasteiger partial charge in [0, 0.05) is 17.5 Å². The number of nitrogens with zero attached hydrogens (tertiary/aromatic N) is 3. The van der Waals surface area contributed by atoms with Crippen molar-refractivity contribution in [3.8, 4) is 16.5 Å². The maximum Gasteiger partial charge on any atom is 0.257 e. The van der Waals surface area contributed by atoms with E-state index in [9.17, 15) is 9.59 Å². The lowest BCUT2D eigenvalue weighted by Crippen LogP contribution is -2.31. The molecule has 2 heterocycles. The third kappa shape index (κ3) is 4.88. The number of aromatic nitrogens is 3. The van der Waals surface area contributed by atoms with E-state index in [0.29, 0.717) is 16.5 Å². The second kappa shape index (κ2) is 9.87. The lowest BCUT2D eigenvalue weighted by molar-refractivity contribution is -0.117. The van der Waals surface area contributed by atoms with Gasteiger partial charge >= 0.3 is 0 Å². The molecule has 0 aliphatic heterocycles. The van der Waals surface area contributed by atoms with Gasteiger partial charge in [0.25, 0.3) is 5.91 Å². The highest BCUT2D eigenvalue weighted by Gasteiger charge is 2.23. The number of amides is 2. The summed E-state index contributed by atoms with van der Waals surface area (Å²) in [7, 11) is 3.47. The van der Waals surface area contributed by atoms with Crippen LogP contribution in [-0.2, 0) is 24.7 Å². The SMILES string of the molecule is CC[C@H]1CCc2sc(-c3nnc(SCC(=O)NC(=O)c4ccc(OC)cc4)n3C)cc2C1. The van der Waals surface area contributed by atoms with Gasteiger partial charge in [-0.15, -0.1) is 21.5 Å². The van der Waals surface area contributed by atoms with Crippen LogP contribution < -0.4 is 10.1 Å². The molecule has 2 aromatic heterocycles. The van der Waals surface area contributed by atoms with Crippen molar-refractivity contribution >= 4 is 34.9 Å². The topological polar surface area (TPSA) is 86.1 Å². The number of benzene rings is 1. The molecule has 0 fully saturated rings. The number of fused-ring (bicyclic) bond motifs is 1. The fourth-order valence-electron chi connectivity index (χ4n) is 3.82. The Labute approximate surface area is 195 Å². The van der Waals surface area contributed by atoms with Crippen LogP contribution in [0.5, 0.6) is 5.75 Å². The van der Waals surface area contributed by atoms with E-state index in [1.807, 2.05) is 11.6 Å². The normalized spacial score (nSPS) is 15.3. The molecule has 0 saturated heterocycles. The maximum atomic E-state index is 12.3. The number of carbonyl (C=O) groups excluding carboxylic acids is 2. The molecule has 1 aliphatic carbocycles. The summed E-state index contributed by atoms with van der Waals surface area (Å²) in [4.78, 5) is 27.1. The van der Waals surface area contributed by atoms with Gasteiger partial charge in [-0.2, -0.15) is 0 Å². The second-order valence-electron chi connectivity index (χ2n) is 7.84. The van der Waals surface area contributed by atoms with Crippen molar-refractivity contribution in [1.29, 1.82) is 0 Å². The highest BCUT2D eigenvalue weighted by atomic mass is 32.2. The predicted molar refractivity (Wildman–Crippen MR) is 126 cm³/mol. The summed E-state index contributed by atoms with van der Waals surface area (Å²) >= 11 is 3.06. The van der Waals surface area contributed by atoms with Crippen molar-refractivity contribution in [3.63, 3.8) is 0 Å². The molecule has 32 heavy (non-hydrogen) atoms. The first-order chi connectivity index (χ1) is 15.5. The molecular formula is C23H26N4O3S2. The Morgan fingerprint density at radius 1 is 1.28 bits per heavy atom. The summed E-state index contributed by atoms with van der Waals surface area (Å²) in [6.45, 7) is 2.26. The first kappa shape index (κ1) is 22.5. The maximum absolute atomic E-state index is 12.3. The molecular weight excluding hydrogens is 444 g/mol. The van der Waals surface area contributed by atoms with Gasteiger partial charge in [-0.3, -0.25) is 14.9 Å². The third-order valence-corrected chi connectivity index (χ3v) is 8.01. The molecule has 1 aromatic carbocycles. The number of thioether (sulfide) groups is 1. The van der Waals surface area contributed by atoms with Gasteiger partial charge in [0.05, 0.1) is 17.7 Å². The van der Waals surface area contributed by atoms with E-state index in [-0.39, 0.29) is 11.7 Å². The highest BCUT2D eigenvalue weighted by molar-refractivity contribution is 7.99. The standard InChI is InChI=1S/C23H26N4O3S2/c1-4-14-5-10-18-16(11-14)12-19(32-18)21-25-26-23(27(21)2)31-13-20(28)24-22(29)15-6-8-17(30-3)9-7-15/h6-9,12,14H,4-5,10-11,13H2,1-3H3,(H,24,28,29)/t14-/m0/s1. The van der Waals surface area contributed by atoms with Crippen molar-refractivity contribution in [1.82, 2.24) is 20.1 Å². The minimum atomic E-state index is -0.438. The first-order valence-electron chi connectivity index (χ1n) is 10.6. The molecule has 0 radical (unpaired) electrons. The number of imide groups is 1. The van der Waals surface area contributed by atoms with Crippen molar-refractivity contribution in [2.45, 2.75) is 37.8 Å². The average Bonchev–Trinajstić information content (AvgIpc) is 3.39. The van der Waals surface area contributed by atoms with Gasteiger partial charge in [-0.05, 0) is 61.1 Å². The molecule has 9 heteroatoms. The monoisotopic (exact) mass is 470 g/mol. The van der Waals surface area contributed by atoms with Gasteiger partial charge in [-0.1, -0.05) is 25.1 Å². The van der Waals surface area contributed by atoms with E-state index in [1.165, 1.54) is 35.0 Å². The first-order valence-corrected chi connectivity index (χ1v) is 12.4. The van der Waals surface area contributed by atoms with E-state index in [0.717, 1.165) is 29.5 Å². The average molecular weight is 471 g/mol. The number of nitrogens with one attached hydrogen (secondary N) is 1. The molecule has 1 aliphatic rings. The second-order valence-corrected chi connectivity index (χ2v) is 9.92. The Morgan fingerprint density at radius 2 is 2.06 bits per heavy atom. The van der Waals surface area contributed by atoms with Crippen LogP contribution in [0.15, 0.2) is 35.5 Å². The minimum absolute atomic E-state index is 0.0764. The highest BCUT2D eigenvalue weighted by Crippen LogP contribution is 2.38. The van der Waals surface area contributed by atoms with E-state index in [4.69, 9.17) is 4.74 Å². The number of ether oxygens (including phenoxy) is 1. The number of aryl methyl sites for hydroxylation is 1. The summed E-state index contributed by atoms with van der Waals surface area (Å²) < 4.78 is 6.99. The van der Waals surface area contributed by atoms with Crippen LogP contribution in [0, 0.1) is 5.92 Å². The molecule has 0 saturated carbocycles. The van der Waals surface area contributed by atoms with Crippen molar-refractivity contribution < 1.29 is 14.3 Å². The molecule has 1 atom stereocenters. The summed E-state index contributed by atoms with van der Waals surface area (Å²) in [5, 5.41) is 11.7. The van der Waals surface area contributed by atoms with Crippen molar-refractivity contribution in [2.24, 2.45) is 13.0 Å². The number of hydrogen-bond acceptors (Lipinski definition) is 7. The molecule has 3 aromatic rings. The Hall–Kier alpha value is -2.65. The summed E-state index contributed by atoms with van der Waals surface area (Å²) in [6, 6.07) is 8.85. The van der Waals surface area contributed by atoms with E-state index in [1.54, 1.807) is 42.7 Å². The van der Waals surface area contributed by atoms with Gasteiger partial charge in [0.15, 0.2) is 11.0 Å². The van der Waals surface area contributed by atoms with Gasteiger partial charge < -0.3 is 9.30 Å². The zero-order chi connectivity index (χ0) is 22.7. The predicted octanol–water partition coefficient (Wildman–Crippen LogP) is 4.12. The van der Waals surface area contributed by atoms with E-state index in [2.05, 4.69) is 28.5 Å². The third-order valence-electron chi connectivity index (χ3n) is 5.76. The van der Waals surface area contributed by atoms with Gasteiger partial charge in [0.2, 0.25) is 5.91 Å². The van der Waals surface area contributed by atoms with Crippen LogP contribution in [0.3, 0.4) is 0 Å². The molecule has 0 unspecified atom stereocenters. The van der Waals surface area contributed by atoms with Crippen molar-refractivity contribution in [2.75, 3.05) is 12.9 Å². The Morgan fingerprint density at radius 3 is 2.78 bits per heavy atom. The van der Waals surface area contributed by atoms with E-state index >= 15 is 0 Å². The Balaban J connectivity index is 1.36. The smallest absolute Gasteiger partial charge is 0.257 e. The molecule has 4 rings (SSSR count). The van der Waals surface area contributed by atoms with Gasteiger partial charge in [0.1, 0.15) is 5.75 Å². The largest absolute Gasteiger partial charge is 0.497 e. The fraction of sp³-hybridized carbons (Fsp3) is 0.391. The zero-order valence-corrected chi connectivity index (χ0v) is 20.0. The molecule has 0 spiro atoms. The zero-order valence-electron chi connectivity index (χ0n) is 18.4. The van der Waals surface area contributed by atoms with Crippen LogP contribution in [-0.4, -0.2) is 39.4 Å². The molecule has 0 bridgehead atoms. The number of methoxy groups -OCH3 is 1. The lowest BCUT2D eigenvalue weighted by atomic mass is 9.87. The van der Waals surface area contributed by atoms with Crippen LogP contribution in [0.4, 0.5) is 0 Å². The Kier molecular flexibility index (Phi) is 6.95. The number of hydrogen-bond donors (Lipinski definition) is 1. The van der Waals surface area contributed by atoms with E-state index < -0.39 is 5.91 Å². The van der Waals surface area contributed by atoms with Crippen LogP contribution >= 0.6 is 23.1 Å². The van der Waals surface area contributed by atoms with Gasteiger partial charge in [-0.25, -0.2) is 0 Å². The Bertz CT molecular complexity index is 1120. The molecule has 2 amide bonds. The number of rotatable bonds is 7. The summed E-state index contributed by atoms with van der Waals surface area (Å²) in [5.41, 5.74) is 1.84. The number of carbonyl (C=O) groups is 2. The van der Waals surface area contributed by atoms with Crippen LogP contribution in [0.25, 0.3) is 10.7 Å².